The van der Waals surface area contributed by atoms with Crippen molar-refractivity contribution >= 4 is 16.9 Å². The van der Waals surface area contributed by atoms with Gasteiger partial charge in [-0.1, -0.05) is 36.4 Å². The van der Waals surface area contributed by atoms with E-state index in [9.17, 15) is 9.59 Å². The quantitative estimate of drug-likeness (QED) is 0.493. The maximum atomic E-state index is 12.8. The van der Waals surface area contributed by atoms with Crippen LogP contribution in [-0.4, -0.2) is 22.2 Å². The summed E-state index contributed by atoms with van der Waals surface area (Å²) in [7, 11) is 4.70. The second-order valence-electron chi connectivity index (χ2n) is 6.71. The molecule has 0 amide bonds. The molecule has 2 aromatic heterocycles. The number of esters is 1. The summed E-state index contributed by atoms with van der Waals surface area (Å²) in [6, 6.07) is 18.8. The van der Waals surface area contributed by atoms with Gasteiger partial charge in [0.15, 0.2) is 0 Å². The first-order valence-corrected chi connectivity index (χ1v) is 9.11. The third kappa shape index (κ3) is 3.18. The molecule has 6 heteroatoms. The highest BCUT2D eigenvalue weighted by Gasteiger charge is 2.21. The van der Waals surface area contributed by atoms with Gasteiger partial charge >= 0.3 is 5.97 Å². The molecule has 29 heavy (non-hydrogen) atoms. The molecule has 2 aromatic carbocycles. The number of nitrogens with zero attached hydrogens (tertiary/aromatic N) is 2. The molecule has 4 rings (SSSR count). The summed E-state index contributed by atoms with van der Waals surface area (Å²) in [5.41, 5.74) is 2.16. The largest absolute Gasteiger partial charge is 0.464 e. The minimum absolute atomic E-state index is 0.192. The number of carbonyl (C=O) groups excluding carboxylic acids is 1. The van der Waals surface area contributed by atoms with Crippen LogP contribution in [0.5, 0.6) is 11.5 Å². The molecule has 0 fully saturated rings. The van der Waals surface area contributed by atoms with Gasteiger partial charge in [-0.05, 0) is 24.3 Å². The molecule has 0 saturated heterocycles. The Kier molecular flexibility index (Phi) is 4.68. The number of rotatable bonds is 4. The van der Waals surface area contributed by atoms with Gasteiger partial charge in [0.1, 0.15) is 22.7 Å². The predicted molar refractivity (Wildman–Crippen MR) is 111 cm³/mol. The second-order valence-corrected chi connectivity index (χ2v) is 6.71. The van der Waals surface area contributed by atoms with Crippen LogP contribution in [-0.2, 0) is 18.8 Å². The number of hydrogen-bond donors (Lipinski definition) is 0. The van der Waals surface area contributed by atoms with Crippen molar-refractivity contribution < 1.29 is 14.3 Å². The van der Waals surface area contributed by atoms with E-state index in [2.05, 4.69) is 0 Å². The molecular weight excluding hydrogens is 368 g/mol. The van der Waals surface area contributed by atoms with E-state index in [4.69, 9.17) is 9.47 Å². The first kappa shape index (κ1) is 18.6. The maximum absolute atomic E-state index is 12.8. The normalized spacial score (nSPS) is 10.9. The highest BCUT2D eigenvalue weighted by atomic mass is 16.5. The average molecular weight is 388 g/mol. The van der Waals surface area contributed by atoms with Crippen LogP contribution in [0.2, 0.25) is 0 Å². The Balaban J connectivity index is 1.97. The third-order valence-electron chi connectivity index (χ3n) is 4.91. The van der Waals surface area contributed by atoms with Gasteiger partial charge in [0.05, 0.1) is 7.11 Å². The van der Waals surface area contributed by atoms with E-state index >= 15 is 0 Å². The minimum Gasteiger partial charge on any atom is -0.464 e. The molecule has 6 nitrogen and oxygen atoms in total. The number of ether oxygens (including phenoxy) is 2. The smallest absolute Gasteiger partial charge is 0.354 e. The fraction of sp³-hybridized carbons (Fsp3) is 0.130. The molecule has 0 saturated carbocycles. The molecular formula is C23H20N2O4. The Morgan fingerprint density at radius 1 is 0.931 bits per heavy atom. The van der Waals surface area contributed by atoms with E-state index in [-0.39, 0.29) is 5.56 Å². The van der Waals surface area contributed by atoms with Gasteiger partial charge in [-0.15, -0.1) is 0 Å². The van der Waals surface area contributed by atoms with Gasteiger partial charge in [-0.25, -0.2) is 4.79 Å². The summed E-state index contributed by atoms with van der Waals surface area (Å²) in [6.45, 7) is 0. The lowest BCUT2D eigenvalue weighted by Crippen LogP contribution is -2.19. The number of fused-ring (bicyclic) bond motifs is 1. The van der Waals surface area contributed by atoms with E-state index in [1.807, 2.05) is 54.6 Å². The van der Waals surface area contributed by atoms with Crippen molar-refractivity contribution in [1.82, 2.24) is 9.13 Å². The zero-order chi connectivity index (χ0) is 20.5. The highest BCUT2D eigenvalue weighted by Crippen LogP contribution is 2.37. The van der Waals surface area contributed by atoms with Crippen LogP contribution < -0.4 is 10.3 Å². The molecule has 4 aromatic rings. The Labute approximate surface area is 167 Å². The number of carbonyl (C=O) groups is 1. The van der Waals surface area contributed by atoms with Crippen molar-refractivity contribution in [3.8, 4) is 22.6 Å². The molecule has 0 bridgehead atoms. The zero-order valence-corrected chi connectivity index (χ0v) is 16.4. The monoisotopic (exact) mass is 388 g/mol. The van der Waals surface area contributed by atoms with E-state index in [1.165, 1.54) is 11.7 Å². The third-order valence-corrected chi connectivity index (χ3v) is 4.91. The highest BCUT2D eigenvalue weighted by molar-refractivity contribution is 6.02. The van der Waals surface area contributed by atoms with Crippen LogP contribution in [0, 0.1) is 0 Å². The fourth-order valence-corrected chi connectivity index (χ4v) is 3.46. The maximum Gasteiger partial charge on any atom is 0.354 e. The van der Waals surface area contributed by atoms with Crippen LogP contribution >= 0.6 is 0 Å². The van der Waals surface area contributed by atoms with Crippen molar-refractivity contribution in [3.63, 3.8) is 0 Å². The average Bonchev–Trinajstić information content (AvgIpc) is 3.09. The van der Waals surface area contributed by atoms with Gasteiger partial charge in [-0.3, -0.25) is 4.79 Å². The molecule has 0 aliphatic rings. The lowest BCUT2D eigenvalue weighted by molar-refractivity contribution is 0.0590. The Morgan fingerprint density at radius 2 is 1.62 bits per heavy atom. The number of pyridine rings is 1. The van der Waals surface area contributed by atoms with Gasteiger partial charge in [-0.2, -0.15) is 0 Å². The molecule has 0 aliphatic heterocycles. The number of benzene rings is 2. The van der Waals surface area contributed by atoms with Gasteiger partial charge in [0.25, 0.3) is 5.56 Å². The lowest BCUT2D eigenvalue weighted by Gasteiger charge is -2.13. The molecule has 0 N–H and O–H groups in total. The first-order chi connectivity index (χ1) is 14.0. The van der Waals surface area contributed by atoms with Crippen molar-refractivity contribution in [3.05, 3.63) is 82.9 Å². The Bertz CT molecular complexity index is 1270. The molecule has 0 spiro atoms. The summed E-state index contributed by atoms with van der Waals surface area (Å²) >= 11 is 0. The van der Waals surface area contributed by atoms with E-state index in [1.54, 1.807) is 30.9 Å². The van der Waals surface area contributed by atoms with Crippen molar-refractivity contribution in [2.75, 3.05) is 7.11 Å². The predicted octanol–water partition coefficient (Wildman–Crippen LogP) is 4.12. The first-order valence-electron chi connectivity index (χ1n) is 9.11. The lowest BCUT2D eigenvalue weighted by atomic mass is 10.0. The molecule has 0 atom stereocenters. The summed E-state index contributed by atoms with van der Waals surface area (Å²) in [4.78, 5) is 25.0. The second kappa shape index (κ2) is 7.31. The summed E-state index contributed by atoms with van der Waals surface area (Å²) in [5.74, 6) is 0.872. The topological polar surface area (TPSA) is 62.5 Å². The molecule has 146 valence electrons. The summed E-state index contributed by atoms with van der Waals surface area (Å²) < 4.78 is 14.1. The summed E-state index contributed by atoms with van der Waals surface area (Å²) in [5, 5.41) is 0.667. The van der Waals surface area contributed by atoms with Crippen LogP contribution in [0.1, 0.15) is 10.5 Å². The number of methoxy groups -OCH3 is 1. The summed E-state index contributed by atoms with van der Waals surface area (Å²) in [6.07, 6.45) is 1.76. The van der Waals surface area contributed by atoms with E-state index in [0.29, 0.717) is 28.1 Å². The van der Waals surface area contributed by atoms with Gasteiger partial charge < -0.3 is 18.6 Å². The van der Waals surface area contributed by atoms with Gasteiger partial charge in [0, 0.05) is 36.8 Å². The Morgan fingerprint density at radius 3 is 2.34 bits per heavy atom. The Hall–Kier alpha value is -3.80. The molecule has 0 aliphatic carbocycles. The van der Waals surface area contributed by atoms with Crippen molar-refractivity contribution in [2.45, 2.75) is 0 Å². The van der Waals surface area contributed by atoms with Crippen LogP contribution in [0.15, 0.2) is 71.7 Å². The van der Waals surface area contributed by atoms with E-state index < -0.39 is 5.97 Å². The zero-order valence-electron chi connectivity index (χ0n) is 16.4. The number of aromatic nitrogens is 2. The van der Waals surface area contributed by atoms with Crippen molar-refractivity contribution in [1.29, 1.82) is 0 Å². The molecule has 0 radical (unpaired) electrons. The SMILES string of the molecule is COC(=O)c1cc2c(-c3ccccc3Oc3ccccc3)cn(C)c(=O)c2n1C. The number of para-hydroxylation sites is 2. The number of aryl methyl sites for hydroxylation is 2. The standard InChI is InChI=1S/C23H20N2O4/c1-24-14-18(17-13-19(23(27)28-3)25(2)21(17)22(24)26)16-11-7-8-12-20(16)29-15-9-5-4-6-10-15/h4-14H,1-3H3. The minimum atomic E-state index is -0.495. The fourth-order valence-electron chi connectivity index (χ4n) is 3.46. The van der Waals surface area contributed by atoms with E-state index in [0.717, 1.165) is 11.1 Å². The van der Waals surface area contributed by atoms with Crippen LogP contribution in [0.25, 0.3) is 22.0 Å². The van der Waals surface area contributed by atoms with Crippen LogP contribution in [0.4, 0.5) is 0 Å². The molecule has 2 heterocycles. The van der Waals surface area contributed by atoms with Gasteiger partial charge in [0.2, 0.25) is 0 Å². The number of hydrogen-bond acceptors (Lipinski definition) is 4. The van der Waals surface area contributed by atoms with Crippen LogP contribution in [0.3, 0.4) is 0 Å². The molecule has 0 unspecified atom stereocenters. The van der Waals surface area contributed by atoms with Crippen molar-refractivity contribution in [2.24, 2.45) is 14.1 Å².